The van der Waals surface area contributed by atoms with Gasteiger partial charge in [-0.2, -0.15) is 0 Å². The van der Waals surface area contributed by atoms with Gasteiger partial charge in [-0.1, -0.05) is 24.3 Å². The molecule has 0 atom stereocenters. The minimum Gasteiger partial charge on any atom is -0.454 e. The van der Waals surface area contributed by atoms with Gasteiger partial charge in [0.1, 0.15) is 6.54 Å². The van der Waals surface area contributed by atoms with Crippen molar-refractivity contribution >= 4 is 45.1 Å². The van der Waals surface area contributed by atoms with Gasteiger partial charge in [0.05, 0.1) is 11.0 Å². The first-order chi connectivity index (χ1) is 17.1. The van der Waals surface area contributed by atoms with Crippen LogP contribution in [0, 0.1) is 0 Å². The Hall–Kier alpha value is -4.13. The molecule has 1 aliphatic heterocycles. The number of hydrogen-bond acceptors (Lipinski definition) is 5. The summed E-state index contributed by atoms with van der Waals surface area (Å²) in [7, 11) is 0. The zero-order valence-electron chi connectivity index (χ0n) is 19.4. The molecule has 0 aliphatic carbocycles. The number of pyridine rings is 1. The lowest BCUT2D eigenvalue weighted by Crippen LogP contribution is -2.29. The summed E-state index contributed by atoms with van der Waals surface area (Å²) in [6.07, 6.45) is 3.68. The Morgan fingerprint density at radius 2 is 1.40 bits per heavy atom. The van der Waals surface area contributed by atoms with Gasteiger partial charge in [0, 0.05) is 35.2 Å². The number of nitrogens with one attached hydrogen (secondary N) is 1. The van der Waals surface area contributed by atoms with Gasteiger partial charge in [-0.15, -0.1) is 0 Å². The predicted molar refractivity (Wildman–Crippen MR) is 138 cm³/mol. The lowest BCUT2D eigenvalue weighted by molar-refractivity contribution is -0.147. The number of nitrogens with zero attached hydrogens (tertiary/aromatic N) is 2. The minimum absolute atomic E-state index is 0.0773. The summed E-state index contributed by atoms with van der Waals surface area (Å²) in [6, 6.07) is 22.1. The number of rotatable bonds is 6. The standard InChI is InChI=1S/C28H27N3O4/c32-26(29-20-12-14-21(15-13-20)30-16-6-1-7-17-30)19-35-27(33)18-31-24-10-4-2-8-22(24)28(34)23-9-3-5-11-25(23)31/h2-5,8-15H,1,6-7,16-19H2,(H,29,32). The van der Waals surface area contributed by atoms with Crippen LogP contribution in [0.1, 0.15) is 19.3 Å². The first kappa shape index (κ1) is 22.7. The Bertz CT molecular complexity index is 1380. The maximum absolute atomic E-state index is 12.8. The van der Waals surface area contributed by atoms with Gasteiger partial charge in [0.15, 0.2) is 12.0 Å². The van der Waals surface area contributed by atoms with Crippen molar-refractivity contribution in [3.63, 3.8) is 0 Å². The van der Waals surface area contributed by atoms with Crippen LogP contribution in [0.5, 0.6) is 0 Å². The lowest BCUT2D eigenvalue weighted by Gasteiger charge is -2.28. The molecule has 0 unspecified atom stereocenters. The number of amides is 1. The fraction of sp³-hybridized carbons (Fsp3) is 0.250. The quantitative estimate of drug-likeness (QED) is 0.336. The van der Waals surface area contributed by atoms with Crippen molar-refractivity contribution in [1.29, 1.82) is 0 Å². The van der Waals surface area contributed by atoms with Crippen molar-refractivity contribution in [3.8, 4) is 0 Å². The number of fused-ring (bicyclic) bond motifs is 2. The number of hydrogen-bond donors (Lipinski definition) is 1. The van der Waals surface area contributed by atoms with Crippen molar-refractivity contribution in [3.05, 3.63) is 83.0 Å². The first-order valence-corrected chi connectivity index (χ1v) is 11.9. The van der Waals surface area contributed by atoms with Gasteiger partial charge in [-0.05, 0) is 67.8 Å². The van der Waals surface area contributed by atoms with Crippen molar-refractivity contribution in [2.45, 2.75) is 25.8 Å². The average Bonchev–Trinajstić information content (AvgIpc) is 2.91. The lowest BCUT2D eigenvalue weighted by atomic mass is 10.1. The van der Waals surface area contributed by atoms with E-state index in [0.29, 0.717) is 27.5 Å². The van der Waals surface area contributed by atoms with Crippen molar-refractivity contribution in [2.75, 3.05) is 29.9 Å². The molecule has 1 saturated heterocycles. The van der Waals surface area contributed by atoms with E-state index in [9.17, 15) is 14.4 Å². The van der Waals surface area contributed by atoms with E-state index >= 15 is 0 Å². The highest BCUT2D eigenvalue weighted by Crippen LogP contribution is 2.22. The number of carbonyl (C=O) groups is 2. The number of aromatic nitrogens is 1. The highest BCUT2D eigenvalue weighted by Gasteiger charge is 2.15. The molecule has 1 aromatic heterocycles. The summed E-state index contributed by atoms with van der Waals surface area (Å²) in [5, 5.41) is 3.84. The van der Waals surface area contributed by atoms with E-state index in [2.05, 4.69) is 10.2 Å². The Morgan fingerprint density at radius 3 is 2.03 bits per heavy atom. The maximum atomic E-state index is 12.8. The van der Waals surface area contributed by atoms with Crippen LogP contribution in [-0.4, -0.2) is 36.1 Å². The highest BCUT2D eigenvalue weighted by molar-refractivity contribution is 5.95. The molecule has 3 aromatic carbocycles. The Labute approximate surface area is 202 Å². The molecule has 0 saturated carbocycles. The molecule has 4 aromatic rings. The SMILES string of the molecule is O=C(COC(=O)Cn1c2ccccc2c(=O)c2ccccc21)Nc1ccc(N2CCCCC2)cc1. The van der Waals surface area contributed by atoms with Crippen LogP contribution in [0.15, 0.2) is 77.6 Å². The van der Waals surface area contributed by atoms with Crippen LogP contribution in [0.25, 0.3) is 21.8 Å². The fourth-order valence-electron chi connectivity index (χ4n) is 4.67. The van der Waals surface area contributed by atoms with E-state index in [1.807, 2.05) is 36.4 Å². The van der Waals surface area contributed by atoms with E-state index in [0.717, 1.165) is 18.8 Å². The molecule has 5 rings (SSSR count). The molecular formula is C28H27N3O4. The molecule has 35 heavy (non-hydrogen) atoms. The largest absolute Gasteiger partial charge is 0.454 e. The fourth-order valence-corrected chi connectivity index (χ4v) is 4.67. The number of carbonyl (C=O) groups excluding carboxylic acids is 2. The third-order valence-corrected chi connectivity index (χ3v) is 6.40. The van der Waals surface area contributed by atoms with Gasteiger partial charge < -0.3 is 19.5 Å². The second-order valence-corrected chi connectivity index (χ2v) is 8.75. The van der Waals surface area contributed by atoms with Crippen LogP contribution < -0.4 is 15.6 Å². The summed E-state index contributed by atoms with van der Waals surface area (Å²) in [5.41, 5.74) is 3.02. The summed E-state index contributed by atoms with van der Waals surface area (Å²) >= 11 is 0. The van der Waals surface area contributed by atoms with Crippen molar-refractivity contribution < 1.29 is 14.3 Å². The zero-order valence-corrected chi connectivity index (χ0v) is 19.4. The molecular weight excluding hydrogens is 442 g/mol. The molecule has 0 radical (unpaired) electrons. The van der Waals surface area contributed by atoms with Gasteiger partial charge in [0.25, 0.3) is 5.91 Å². The van der Waals surface area contributed by atoms with E-state index in [4.69, 9.17) is 4.74 Å². The number of anilines is 2. The summed E-state index contributed by atoms with van der Waals surface area (Å²) in [6.45, 7) is 1.62. The third kappa shape index (κ3) is 4.89. The molecule has 1 amide bonds. The second-order valence-electron chi connectivity index (χ2n) is 8.75. The average molecular weight is 470 g/mol. The maximum Gasteiger partial charge on any atom is 0.326 e. The van der Waals surface area contributed by atoms with Crippen molar-refractivity contribution in [2.24, 2.45) is 0 Å². The van der Waals surface area contributed by atoms with Gasteiger partial charge >= 0.3 is 5.97 Å². The number of esters is 1. The summed E-state index contributed by atoms with van der Waals surface area (Å²) in [4.78, 5) is 40.2. The molecule has 7 nitrogen and oxygen atoms in total. The van der Waals surface area contributed by atoms with E-state index in [1.165, 1.54) is 19.3 Å². The predicted octanol–water partition coefficient (Wildman–Crippen LogP) is 4.33. The highest BCUT2D eigenvalue weighted by atomic mass is 16.5. The van der Waals surface area contributed by atoms with Crippen LogP contribution in [0.2, 0.25) is 0 Å². The van der Waals surface area contributed by atoms with E-state index < -0.39 is 11.9 Å². The third-order valence-electron chi connectivity index (χ3n) is 6.40. The van der Waals surface area contributed by atoms with E-state index in [1.54, 1.807) is 41.0 Å². The van der Waals surface area contributed by atoms with Crippen LogP contribution in [0.3, 0.4) is 0 Å². The van der Waals surface area contributed by atoms with Gasteiger partial charge in [-0.25, -0.2) is 0 Å². The van der Waals surface area contributed by atoms with Crippen LogP contribution in [-0.2, 0) is 20.9 Å². The first-order valence-electron chi connectivity index (χ1n) is 11.9. The topological polar surface area (TPSA) is 80.6 Å². The zero-order chi connectivity index (χ0) is 24.2. The minimum atomic E-state index is -0.556. The summed E-state index contributed by atoms with van der Waals surface area (Å²) in [5.74, 6) is -0.960. The van der Waals surface area contributed by atoms with Crippen LogP contribution >= 0.6 is 0 Å². The molecule has 0 bridgehead atoms. The molecule has 1 N–H and O–H groups in total. The monoisotopic (exact) mass is 469 g/mol. The second kappa shape index (κ2) is 10.0. The summed E-state index contributed by atoms with van der Waals surface area (Å²) < 4.78 is 7.02. The van der Waals surface area contributed by atoms with Gasteiger partial charge in [0.2, 0.25) is 0 Å². The Morgan fingerprint density at radius 1 is 0.800 bits per heavy atom. The van der Waals surface area contributed by atoms with Crippen molar-refractivity contribution in [1.82, 2.24) is 4.57 Å². The normalized spacial score (nSPS) is 13.7. The number of benzene rings is 3. The molecule has 0 spiro atoms. The Kier molecular flexibility index (Phi) is 6.48. The molecule has 178 valence electrons. The van der Waals surface area contributed by atoms with E-state index in [-0.39, 0.29) is 18.6 Å². The number of ether oxygens (including phenoxy) is 1. The van der Waals surface area contributed by atoms with Crippen LogP contribution in [0.4, 0.5) is 11.4 Å². The molecule has 2 heterocycles. The molecule has 1 fully saturated rings. The number of para-hydroxylation sites is 2. The number of piperidine rings is 1. The molecule has 1 aliphatic rings. The molecule has 7 heteroatoms. The smallest absolute Gasteiger partial charge is 0.326 e. The van der Waals surface area contributed by atoms with Gasteiger partial charge in [-0.3, -0.25) is 14.4 Å². The Balaban J connectivity index is 1.24.